The van der Waals surface area contributed by atoms with Gasteiger partial charge in [0.05, 0.1) is 5.69 Å². The maximum absolute atomic E-state index is 12.7. The molecule has 2 heterocycles. The standard InChI is InChI=1S/C22H24N2O2S/c25-20(18-8-16-3-1-2-4-17(16)26-18)24-21-23-19(12-27-21)22-9-13-5-14(10-22)7-15(6-13)11-22/h1-4,12-15,18H,5-11H2,(H,23,24,25). The SMILES string of the molecule is O=C(Nc1nc(C23CC4CC(CC(C4)C2)C3)cs1)C1Cc2ccccc2O1. The van der Waals surface area contributed by atoms with E-state index in [2.05, 4.69) is 10.7 Å². The van der Waals surface area contributed by atoms with Gasteiger partial charge in [0.15, 0.2) is 11.2 Å². The van der Waals surface area contributed by atoms with Crippen molar-refractivity contribution in [3.05, 3.63) is 40.9 Å². The molecule has 1 aromatic heterocycles. The molecule has 5 aliphatic rings. The van der Waals surface area contributed by atoms with Crippen molar-refractivity contribution < 1.29 is 9.53 Å². The molecule has 1 aromatic carbocycles. The summed E-state index contributed by atoms with van der Waals surface area (Å²) in [5, 5.41) is 5.94. The predicted octanol–water partition coefficient (Wildman–Crippen LogP) is 4.55. The first-order chi connectivity index (χ1) is 13.2. The normalized spacial score (nSPS) is 35.7. The van der Waals surface area contributed by atoms with E-state index in [1.807, 2.05) is 24.3 Å². The van der Waals surface area contributed by atoms with Gasteiger partial charge in [-0.05, 0) is 67.9 Å². The summed E-state index contributed by atoms with van der Waals surface area (Å²) in [6, 6.07) is 7.88. The molecular weight excluding hydrogens is 356 g/mol. The third-order valence-electron chi connectivity index (χ3n) is 7.26. The Morgan fingerprint density at radius 1 is 1.11 bits per heavy atom. The van der Waals surface area contributed by atoms with Gasteiger partial charge in [0, 0.05) is 17.2 Å². The van der Waals surface area contributed by atoms with Crippen molar-refractivity contribution in [2.75, 3.05) is 5.32 Å². The zero-order valence-electron chi connectivity index (χ0n) is 15.3. The van der Waals surface area contributed by atoms with Crippen molar-refractivity contribution in [1.82, 2.24) is 4.98 Å². The molecule has 1 unspecified atom stereocenters. The zero-order chi connectivity index (χ0) is 18.0. The topological polar surface area (TPSA) is 51.2 Å². The summed E-state index contributed by atoms with van der Waals surface area (Å²) in [5.41, 5.74) is 2.62. The fourth-order valence-corrected chi connectivity index (χ4v) is 7.35. The number of nitrogens with one attached hydrogen (secondary N) is 1. The van der Waals surface area contributed by atoms with Gasteiger partial charge in [-0.2, -0.15) is 0 Å². The predicted molar refractivity (Wildman–Crippen MR) is 105 cm³/mol. The van der Waals surface area contributed by atoms with E-state index in [4.69, 9.17) is 9.72 Å². The van der Waals surface area contributed by atoms with Gasteiger partial charge >= 0.3 is 0 Å². The van der Waals surface area contributed by atoms with Gasteiger partial charge in [-0.1, -0.05) is 18.2 Å². The van der Waals surface area contributed by atoms with E-state index in [9.17, 15) is 4.79 Å². The molecular formula is C22H24N2O2S. The molecule has 4 fully saturated rings. The van der Waals surface area contributed by atoms with Gasteiger partial charge < -0.3 is 4.74 Å². The highest BCUT2D eigenvalue weighted by atomic mass is 32.1. The molecule has 1 aliphatic heterocycles. The van der Waals surface area contributed by atoms with Gasteiger partial charge in [0.1, 0.15) is 5.75 Å². The van der Waals surface area contributed by atoms with E-state index < -0.39 is 6.10 Å². The minimum atomic E-state index is -0.450. The van der Waals surface area contributed by atoms with Crippen LogP contribution in [0.3, 0.4) is 0 Å². The molecule has 1 N–H and O–H groups in total. The Bertz CT molecular complexity index is 845. The second-order valence-corrected chi connectivity index (χ2v) is 10.0. The molecule has 4 bridgehead atoms. The molecule has 1 atom stereocenters. The Balaban J connectivity index is 1.18. The van der Waals surface area contributed by atoms with Gasteiger partial charge in [0.25, 0.3) is 5.91 Å². The maximum Gasteiger partial charge on any atom is 0.267 e. The lowest BCUT2D eigenvalue weighted by Crippen LogP contribution is -2.48. The molecule has 7 rings (SSSR count). The summed E-state index contributed by atoms with van der Waals surface area (Å²) in [5.74, 6) is 3.45. The van der Waals surface area contributed by atoms with E-state index in [1.165, 1.54) is 44.2 Å². The molecule has 4 aliphatic carbocycles. The number of aromatic nitrogens is 1. The third kappa shape index (κ3) is 2.62. The molecule has 0 radical (unpaired) electrons. The fraction of sp³-hybridized carbons (Fsp3) is 0.545. The number of carbonyl (C=O) groups excluding carboxylic acids is 1. The van der Waals surface area contributed by atoms with Crippen LogP contribution in [-0.2, 0) is 16.6 Å². The number of amides is 1. The van der Waals surface area contributed by atoms with Crippen LogP contribution in [0.15, 0.2) is 29.6 Å². The summed E-state index contributed by atoms with van der Waals surface area (Å²) in [4.78, 5) is 17.6. The van der Waals surface area contributed by atoms with E-state index in [0.29, 0.717) is 6.42 Å². The van der Waals surface area contributed by atoms with Crippen LogP contribution in [0.1, 0.15) is 49.8 Å². The Morgan fingerprint density at radius 2 is 1.81 bits per heavy atom. The average molecular weight is 381 g/mol. The number of nitrogens with zero attached hydrogens (tertiary/aromatic N) is 1. The van der Waals surface area contributed by atoms with Gasteiger partial charge in [-0.15, -0.1) is 11.3 Å². The molecule has 27 heavy (non-hydrogen) atoms. The van der Waals surface area contributed by atoms with Crippen LogP contribution < -0.4 is 10.1 Å². The Hall–Kier alpha value is -1.88. The summed E-state index contributed by atoms with van der Waals surface area (Å²) < 4.78 is 5.81. The zero-order valence-corrected chi connectivity index (χ0v) is 16.1. The van der Waals surface area contributed by atoms with Crippen molar-refractivity contribution in [2.45, 2.75) is 56.5 Å². The van der Waals surface area contributed by atoms with Crippen LogP contribution >= 0.6 is 11.3 Å². The summed E-state index contributed by atoms with van der Waals surface area (Å²) in [6.45, 7) is 0. The Labute approximate surface area is 163 Å². The number of hydrogen-bond donors (Lipinski definition) is 1. The lowest BCUT2D eigenvalue weighted by Gasteiger charge is -2.56. The third-order valence-corrected chi connectivity index (χ3v) is 8.01. The maximum atomic E-state index is 12.7. The van der Waals surface area contributed by atoms with Crippen molar-refractivity contribution in [1.29, 1.82) is 0 Å². The Kier molecular flexibility index (Phi) is 3.46. The van der Waals surface area contributed by atoms with Crippen LogP contribution in [0.4, 0.5) is 5.13 Å². The number of anilines is 1. The van der Waals surface area contributed by atoms with E-state index in [0.717, 1.165) is 34.2 Å². The first-order valence-electron chi connectivity index (χ1n) is 10.2. The lowest BCUT2D eigenvalue weighted by molar-refractivity contribution is -0.122. The van der Waals surface area contributed by atoms with Crippen LogP contribution in [0.25, 0.3) is 0 Å². The molecule has 2 aromatic rings. The molecule has 140 valence electrons. The molecule has 4 nitrogen and oxygen atoms in total. The quantitative estimate of drug-likeness (QED) is 0.850. The minimum Gasteiger partial charge on any atom is -0.480 e. The second-order valence-electron chi connectivity index (χ2n) is 9.14. The van der Waals surface area contributed by atoms with Crippen LogP contribution in [0.2, 0.25) is 0 Å². The van der Waals surface area contributed by atoms with Crippen LogP contribution in [0.5, 0.6) is 5.75 Å². The molecule has 5 heteroatoms. The highest BCUT2D eigenvalue weighted by Crippen LogP contribution is 2.60. The molecule has 0 spiro atoms. The van der Waals surface area contributed by atoms with Crippen molar-refractivity contribution in [2.24, 2.45) is 17.8 Å². The number of fused-ring (bicyclic) bond motifs is 1. The van der Waals surface area contributed by atoms with Crippen molar-refractivity contribution >= 4 is 22.4 Å². The van der Waals surface area contributed by atoms with Crippen molar-refractivity contribution in [3.63, 3.8) is 0 Å². The molecule has 0 saturated heterocycles. The highest BCUT2D eigenvalue weighted by molar-refractivity contribution is 7.14. The first-order valence-corrected chi connectivity index (χ1v) is 11.1. The van der Waals surface area contributed by atoms with Crippen molar-refractivity contribution in [3.8, 4) is 5.75 Å². The van der Waals surface area contributed by atoms with Crippen LogP contribution in [0, 0.1) is 17.8 Å². The summed E-state index contributed by atoms with van der Waals surface area (Å²) >= 11 is 1.57. The van der Waals surface area contributed by atoms with Crippen LogP contribution in [-0.4, -0.2) is 17.0 Å². The first kappa shape index (κ1) is 16.1. The number of hydrogen-bond acceptors (Lipinski definition) is 4. The molecule has 1 amide bonds. The lowest BCUT2D eigenvalue weighted by atomic mass is 9.49. The van der Waals surface area contributed by atoms with Gasteiger partial charge in [-0.25, -0.2) is 4.98 Å². The second kappa shape index (κ2) is 5.81. The van der Waals surface area contributed by atoms with E-state index in [-0.39, 0.29) is 11.3 Å². The van der Waals surface area contributed by atoms with Gasteiger partial charge in [-0.3, -0.25) is 10.1 Å². The number of rotatable bonds is 3. The largest absolute Gasteiger partial charge is 0.480 e. The summed E-state index contributed by atoms with van der Waals surface area (Å²) in [6.07, 6.45) is 8.40. The number of benzene rings is 1. The average Bonchev–Trinajstić information content (AvgIpc) is 3.27. The minimum absolute atomic E-state index is 0.0855. The number of para-hydroxylation sites is 1. The van der Waals surface area contributed by atoms with E-state index >= 15 is 0 Å². The highest BCUT2D eigenvalue weighted by Gasteiger charge is 2.52. The van der Waals surface area contributed by atoms with E-state index in [1.54, 1.807) is 11.3 Å². The Morgan fingerprint density at radius 3 is 2.52 bits per heavy atom. The number of ether oxygens (including phenoxy) is 1. The fourth-order valence-electron chi connectivity index (χ4n) is 6.51. The summed E-state index contributed by atoms with van der Waals surface area (Å²) in [7, 11) is 0. The monoisotopic (exact) mass is 380 g/mol. The number of carbonyl (C=O) groups is 1. The number of thiazole rings is 1. The molecule has 4 saturated carbocycles. The van der Waals surface area contributed by atoms with Gasteiger partial charge in [0.2, 0.25) is 0 Å². The smallest absolute Gasteiger partial charge is 0.267 e.